The molecule has 39 heavy (non-hydrogen) atoms. The molecule has 2 aliphatic rings. The van der Waals surface area contributed by atoms with Crippen LogP contribution in [0.25, 0.3) is 16.5 Å². The van der Waals surface area contributed by atoms with Gasteiger partial charge in [-0.2, -0.15) is 5.10 Å². The Morgan fingerprint density at radius 1 is 1.18 bits per heavy atom. The minimum absolute atomic E-state index is 0.114. The number of aliphatic hydroxyl groups is 1. The van der Waals surface area contributed by atoms with Gasteiger partial charge in [0.25, 0.3) is 11.8 Å². The molecule has 0 unspecified atom stereocenters. The summed E-state index contributed by atoms with van der Waals surface area (Å²) in [6, 6.07) is 7.38. The molecule has 0 bridgehead atoms. The van der Waals surface area contributed by atoms with Crippen LogP contribution in [0.3, 0.4) is 0 Å². The molecule has 0 spiro atoms. The van der Waals surface area contributed by atoms with E-state index in [1.165, 1.54) is 0 Å². The molecule has 1 atom stereocenters. The summed E-state index contributed by atoms with van der Waals surface area (Å²) in [5.41, 5.74) is 2.49. The molecule has 4 heterocycles. The van der Waals surface area contributed by atoms with Crippen molar-refractivity contribution in [2.24, 2.45) is 5.41 Å². The molecule has 1 aliphatic carbocycles. The summed E-state index contributed by atoms with van der Waals surface area (Å²) in [7, 11) is 0. The first kappa shape index (κ1) is 25.4. The second kappa shape index (κ2) is 8.84. The summed E-state index contributed by atoms with van der Waals surface area (Å²) in [6.45, 7) is 10.6. The Morgan fingerprint density at radius 3 is 2.64 bits per heavy atom. The molecule has 2 amide bonds. The number of furan rings is 1. The van der Waals surface area contributed by atoms with E-state index in [2.05, 4.69) is 24.3 Å². The van der Waals surface area contributed by atoms with Crippen LogP contribution in [0.5, 0.6) is 11.5 Å². The number of nitrogens with one attached hydrogen (secondary N) is 1. The molecule has 9 nitrogen and oxygen atoms in total. The summed E-state index contributed by atoms with van der Waals surface area (Å²) in [5.74, 6) is 1.41. The summed E-state index contributed by atoms with van der Waals surface area (Å²) in [5, 5.41) is 18.6. The zero-order valence-corrected chi connectivity index (χ0v) is 23.0. The fraction of sp³-hybridized carbons (Fsp3) is 0.433. The first-order chi connectivity index (χ1) is 18.4. The van der Waals surface area contributed by atoms with Gasteiger partial charge in [0.2, 0.25) is 0 Å². The molecular formula is C30H34N4O5. The lowest BCUT2D eigenvalue weighted by molar-refractivity contribution is 0.0572. The Labute approximate surface area is 226 Å². The molecule has 2 fully saturated rings. The van der Waals surface area contributed by atoms with Crippen LogP contribution in [0, 0.1) is 19.3 Å². The van der Waals surface area contributed by atoms with Gasteiger partial charge >= 0.3 is 0 Å². The molecule has 0 radical (unpaired) electrons. The van der Waals surface area contributed by atoms with Gasteiger partial charge in [0.05, 0.1) is 22.9 Å². The largest absolute Gasteiger partial charge is 0.460 e. The number of ether oxygens (including phenoxy) is 1. The third kappa shape index (κ3) is 4.54. The first-order valence-electron chi connectivity index (χ1n) is 13.4. The Kier molecular flexibility index (Phi) is 5.77. The predicted octanol–water partition coefficient (Wildman–Crippen LogP) is 5.00. The fourth-order valence-electron chi connectivity index (χ4n) is 6.12. The number of likely N-dealkylation sites (tertiary alicyclic amines) is 1. The van der Waals surface area contributed by atoms with E-state index in [0.717, 1.165) is 23.8 Å². The van der Waals surface area contributed by atoms with Gasteiger partial charge in [0, 0.05) is 42.8 Å². The Balaban J connectivity index is 1.26. The zero-order valence-electron chi connectivity index (χ0n) is 23.0. The van der Waals surface area contributed by atoms with E-state index < -0.39 is 5.60 Å². The maximum atomic E-state index is 13.2. The lowest BCUT2D eigenvalue weighted by Gasteiger charge is -2.42. The Morgan fingerprint density at radius 2 is 1.95 bits per heavy atom. The number of carbonyl (C=O) groups excluding carboxylic acids is 2. The molecule has 9 heteroatoms. The topological polar surface area (TPSA) is 109 Å². The number of β-amino-alcohol motifs (C(OH)–C–C–N with tert-alkyl or cyclic N) is 1. The van der Waals surface area contributed by atoms with E-state index in [4.69, 9.17) is 9.15 Å². The number of hydrogen-bond donors (Lipinski definition) is 2. The summed E-state index contributed by atoms with van der Waals surface area (Å²) in [6.07, 6.45) is 5.82. The van der Waals surface area contributed by atoms with Crippen molar-refractivity contribution >= 4 is 28.3 Å². The molecule has 4 aromatic rings. The van der Waals surface area contributed by atoms with E-state index in [-0.39, 0.29) is 23.3 Å². The lowest BCUT2D eigenvalue weighted by Crippen LogP contribution is -2.48. The van der Waals surface area contributed by atoms with E-state index in [0.29, 0.717) is 59.0 Å². The van der Waals surface area contributed by atoms with Crippen LogP contribution in [0.15, 0.2) is 41.1 Å². The fourth-order valence-corrected chi connectivity index (χ4v) is 6.12. The number of hydrogen-bond acceptors (Lipinski definition) is 6. The van der Waals surface area contributed by atoms with Crippen LogP contribution in [0.1, 0.15) is 72.1 Å². The average molecular weight is 531 g/mol. The summed E-state index contributed by atoms with van der Waals surface area (Å²) in [4.78, 5) is 28.0. The van der Waals surface area contributed by atoms with Crippen LogP contribution in [0.4, 0.5) is 0 Å². The molecule has 1 aromatic carbocycles. The monoisotopic (exact) mass is 530 g/mol. The number of rotatable bonds is 5. The van der Waals surface area contributed by atoms with Crippen molar-refractivity contribution in [2.75, 3.05) is 13.1 Å². The van der Waals surface area contributed by atoms with E-state index >= 15 is 0 Å². The predicted molar refractivity (Wildman–Crippen MR) is 146 cm³/mol. The van der Waals surface area contributed by atoms with Gasteiger partial charge < -0.3 is 24.5 Å². The van der Waals surface area contributed by atoms with Gasteiger partial charge in [-0.05, 0) is 63.1 Å². The number of carbonyl (C=O) groups is 2. The SMILES string of the molecule is Cc1oc2cc(Oc3ccnn4cc(C(=O)N5CC[C@@](C)(O)C5)c(C)c34)ccc2c1C(=O)NC1CC(C)(C)C1. The molecular weight excluding hydrogens is 496 g/mol. The zero-order chi connectivity index (χ0) is 27.7. The summed E-state index contributed by atoms with van der Waals surface area (Å²) >= 11 is 0. The van der Waals surface area contributed by atoms with Crippen molar-refractivity contribution in [3.05, 3.63) is 59.1 Å². The molecule has 6 rings (SSSR count). The van der Waals surface area contributed by atoms with Gasteiger partial charge in [-0.3, -0.25) is 9.59 Å². The highest BCUT2D eigenvalue weighted by Crippen LogP contribution is 2.40. The standard InChI is InChI=1S/C30H34N4O5/c1-17-22(28(36)33-11-9-30(5,37)16-33)15-34-26(17)23(8-10-31-34)39-20-6-7-21-24(12-20)38-18(2)25(21)27(35)32-19-13-29(3,4)14-19/h6-8,10,12,15,19,37H,9,11,13-14,16H2,1-5H3,(H,32,35)/t30-/m1/s1. The van der Waals surface area contributed by atoms with E-state index in [9.17, 15) is 14.7 Å². The Hall–Kier alpha value is -3.85. The van der Waals surface area contributed by atoms with Gasteiger partial charge in [-0.1, -0.05) is 13.8 Å². The molecule has 2 N–H and O–H groups in total. The quantitative estimate of drug-likeness (QED) is 0.376. The maximum Gasteiger partial charge on any atom is 0.255 e. The number of nitrogens with zero attached hydrogens (tertiary/aromatic N) is 3. The number of aryl methyl sites for hydroxylation is 2. The highest BCUT2D eigenvalue weighted by molar-refractivity contribution is 6.07. The van der Waals surface area contributed by atoms with Gasteiger partial charge in [0.15, 0.2) is 5.75 Å². The van der Waals surface area contributed by atoms with Gasteiger partial charge in [-0.25, -0.2) is 4.52 Å². The second-order valence-electron chi connectivity index (χ2n) is 12.2. The number of benzene rings is 1. The van der Waals surface area contributed by atoms with Gasteiger partial charge in [-0.15, -0.1) is 0 Å². The van der Waals surface area contributed by atoms with Crippen molar-refractivity contribution in [3.63, 3.8) is 0 Å². The number of fused-ring (bicyclic) bond motifs is 2. The van der Waals surface area contributed by atoms with Crippen molar-refractivity contribution in [3.8, 4) is 11.5 Å². The Bertz CT molecular complexity index is 1620. The highest BCUT2D eigenvalue weighted by atomic mass is 16.5. The van der Waals surface area contributed by atoms with Crippen molar-refractivity contribution in [1.29, 1.82) is 0 Å². The molecule has 1 saturated heterocycles. The second-order valence-corrected chi connectivity index (χ2v) is 12.2. The van der Waals surface area contributed by atoms with E-state index in [1.54, 1.807) is 47.8 Å². The smallest absolute Gasteiger partial charge is 0.255 e. The normalized spacial score (nSPS) is 20.9. The van der Waals surface area contributed by atoms with Crippen LogP contribution in [-0.4, -0.2) is 56.2 Å². The van der Waals surface area contributed by atoms with Crippen LogP contribution < -0.4 is 10.1 Å². The molecule has 204 valence electrons. The average Bonchev–Trinajstić information content (AvgIpc) is 3.49. The van der Waals surface area contributed by atoms with E-state index in [1.807, 2.05) is 19.1 Å². The van der Waals surface area contributed by atoms with Crippen molar-refractivity contribution in [1.82, 2.24) is 19.8 Å². The van der Waals surface area contributed by atoms with Crippen molar-refractivity contribution in [2.45, 2.75) is 65.5 Å². The first-order valence-corrected chi connectivity index (χ1v) is 13.4. The minimum Gasteiger partial charge on any atom is -0.460 e. The molecule has 1 aliphatic heterocycles. The number of aromatic nitrogens is 2. The molecule has 1 saturated carbocycles. The van der Waals surface area contributed by atoms with Crippen LogP contribution in [0.2, 0.25) is 0 Å². The number of amides is 2. The van der Waals surface area contributed by atoms with Gasteiger partial charge in [0.1, 0.15) is 22.6 Å². The highest BCUT2D eigenvalue weighted by Gasteiger charge is 2.38. The minimum atomic E-state index is -0.868. The van der Waals surface area contributed by atoms with Crippen molar-refractivity contribution < 1.29 is 23.8 Å². The lowest BCUT2D eigenvalue weighted by atomic mass is 9.68. The molecule has 3 aromatic heterocycles. The van der Waals surface area contributed by atoms with Crippen LogP contribution in [-0.2, 0) is 0 Å². The third-order valence-corrected chi connectivity index (χ3v) is 8.09. The third-order valence-electron chi connectivity index (χ3n) is 8.09. The summed E-state index contributed by atoms with van der Waals surface area (Å²) < 4.78 is 13.9. The van der Waals surface area contributed by atoms with Crippen LogP contribution >= 0.6 is 0 Å². The maximum absolute atomic E-state index is 13.2.